The van der Waals surface area contributed by atoms with E-state index < -0.39 is 0 Å². The standard InChI is InChI=1S/C10H8Cl2N2/c1-5-3-4-7-8(6(5)2)13-10(12)14-9(7)11/h3-4H,1-2H3. The molecule has 4 heteroatoms. The van der Waals surface area contributed by atoms with Crippen molar-refractivity contribution in [3.05, 3.63) is 33.7 Å². The highest BCUT2D eigenvalue weighted by atomic mass is 35.5. The molecule has 0 unspecified atom stereocenters. The quantitative estimate of drug-likeness (QED) is 0.508. The van der Waals surface area contributed by atoms with Gasteiger partial charge < -0.3 is 0 Å². The van der Waals surface area contributed by atoms with Crippen LogP contribution < -0.4 is 0 Å². The fourth-order valence-electron chi connectivity index (χ4n) is 1.37. The molecule has 0 aliphatic heterocycles. The van der Waals surface area contributed by atoms with E-state index in [1.54, 1.807) is 0 Å². The minimum atomic E-state index is 0.191. The Hall–Kier alpha value is -0.860. The minimum absolute atomic E-state index is 0.191. The number of nitrogens with zero attached hydrogens (tertiary/aromatic N) is 2. The van der Waals surface area contributed by atoms with E-state index in [2.05, 4.69) is 9.97 Å². The molecule has 2 aromatic rings. The zero-order chi connectivity index (χ0) is 10.3. The molecule has 2 rings (SSSR count). The summed E-state index contributed by atoms with van der Waals surface area (Å²) < 4.78 is 0. The van der Waals surface area contributed by atoms with Gasteiger partial charge in [-0.15, -0.1) is 0 Å². The Bertz CT molecular complexity index is 509. The molecular formula is C10H8Cl2N2. The molecule has 2 nitrogen and oxygen atoms in total. The van der Waals surface area contributed by atoms with Crippen LogP contribution >= 0.6 is 23.2 Å². The van der Waals surface area contributed by atoms with Gasteiger partial charge in [-0.25, -0.2) is 9.97 Å². The Morgan fingerprint density at radius 2 is 1.79 bits per heavy atom. The van der Waals surface area contributed by atoms with Gasteiger partial charge in [-0.1, -0.05) is 17.7 Å². The van der Waals surface area contributed by atoms with Crippen molar-refractivity contribution < 1.29 is 0 Å². The summed E-state index contributed by atoms with van der Waals surface area (Å²) in [4.78, 5) is 8.06. The van der Waals surface area contributed by atoms with Gasteiger partial charge in [0.05, 0.1) is 5.52 Å². The third-order valence-corrected chi connectivity index (χ3v) is 2.78. The van der Waals surface area contributed by atoms with Gasteiger partial charge in [-0.3, -0.25) is 0 Å². The maximum atomic E-state index is 5.95. The summed E-state index contributed by atoms with van der Waals surface area (Å²) in [5.74, 6) is 0. The van der Waals surface area contributed by atoms with Gasteiger partial charge in [-0.05, 0) is 42.6 Å². The van der Waals surface area contributed by atoms with Crippen LogP contribution in [-0.4, -0.2) is 9.97 Å². The van der Waals surface area contributed by atoms with E-state index in [0.29, 0.717) is 5.15 Å². The highest BCUT2D eigenvalue weighted by Crippen LogP contribution is 2.25. The molecule has 1 aromatic heterocycles. The monoisotopic (exact) mass is 226 g/mol. The molecule has 0 bridgehead atoms. The molecule has 1 heterocycles. The fraction of sp³-hybridized carbons (Fsp3) is 0.200. The van der Waals surface area contributed by atoms with Crippen LogP contribution in [0.25, 0.3) is 10.9 Å². The Morgan fingerprint density at radius 3 is 2.50 bits per heavy atom. The first kappa shape index (κ1) is 9.69. The lowest BCUT2D eigenvalue weighted by molar-refractivity contribution is 1.20. The Labute approximate surface area is 91.9 Å². The van der Waals surface area contributed by atoms with Gasteiger partial charge >= 0.3 is 0 Å². The number of aryl methyl sites for hydroxylation is 2. The Kier molecular flexibility index (Phi) is 2.33. The summed E-state index contributed by atoms with van der Waals surface area (Å²) in [6.07, 6.45) is 0. The molecule has 0 atom stereocenters. The fourth-order valence-corrected chi connectivity index (χ4v) is 1.81. The van der Waals surface area contributed by atoms with Crippen molar-refractivity contribution in [1.82, 2.24) is 9.97 Å². The number of fused-ring (bicyclic) bond motifs is 1. The van der Waals surface area contributed by atoms with Gasteiger partial charge in [0.1, 0.15) is 5.15 Å². The zero-order valence-electron chi connectivity index (χ0n) is 7.81. The van der Waals surface area contributed by atoms with Crippen molar-refractivity contribution in [2.45, 2.75) is 13.8 Å². The Balaban J connectivity index is 2.95. The predicted molar refractivity (Wildman–Crippen MR) is 59.0 cm³/mol. The summed E-state index contributed by atoms with van der Waals surface area (Å²) in [5, 5.41) is 1.44. The molecule has 1 aromatic carbocycles. The van der Waals surface area contributed by atoms with E-state index in [4.69, 9.17) is 23.2 Å². The lowest BCUT2D eigenvalue weighted by Gasteiger charge is -2.05. The molecule has 0 fully saturated rings. The smallest absolute Gasteiger partial charge is 0.218 e. The molecule has 72 valence electrons. The van der Waals surface area contributed by atoms with Crippen molar-refractivity contribution in [3.63, 3.8) is 0 Å². The van der Waals surface area contributed by atoms with Crippen LogP contribution in [0.1, 0.15) is 11.1 Å². The molecule has 14 heavy (non-hydrogen) atoms. The number of halogens is 2. The summed E-state index contributed by atoms with van der Waals surface area (Å²) in [6, 6.07) is 3.91. The van der Waals surface area contributed by atoms with Crippen LogP contribution in [0.15, 0.2) is 12.1 Å². The first-order valence-corrected chi connectivity index (χ1v) is 4.94. The third kappa shape index (κ3) is 1.45. The van der Waals surface area contributed by atoms with Crippen LogP contribution in [0.5, 0.6) is 0 Å². The summed E-state index contributed by atoms with van der Waals surface area (Å²) >= 11 is 11.7. The number of rotatable bonds is 0. The van der Waals surface area contributed by atoms with Crippen molar-refractivity contribution in [1.29, 1.82) is 0 Å². The Morgan fingerprint density at radius 1 is 1.07 bits per heavy atom. The molecule has 0 amide bonds. The average molecular weight is 227 g/mol. The molecule has 0 spiro atoms. The van der Waals surface area contributed by atoms with Crippen molar-refractivity contribution in [3.8, 4) is 0 Å². The number of benzene rings is 1. The first-order chi connectivity index (χ1) is 6.59. The molecular weight excluding hydrogens is 219 g/mol. The molecule has 0 saturated heterocycles. The molecule has 0 aliphatic rings. The van der Waals surface area contributed by atoms with Crippen LogP contribution in [0.3, 0.4) is 0 Å². The second-order valence-electron chi connectivity index (χ2n) is 3.19. The summed E-state index contributed by atoms with van der Waals surface area (Å²) in [6.45, 7) is 4.02. The second kappa shape index (κ2) is 3.37. The number of hydrogen-bond donors (Lipinski definition) is 0. The van der Waals surface area contributed by atoms with Crippen LogP contribution in [0.4, 0.5) is 0 Å². The van der Waals surface area contributed by atoms with E-state index in [-0.39, 0.29) is 5.28 Å². The maximum Gasteiger partial charge on any atom is 0.224 e. The van der Waals surface area contributed by atoms with E-state index >= 15 is 0 Å². The molecule has 0 radical (unpaired) electrons. The first-order valence-electron chi connectivity index (χ1n) is 4.18. The lowest BCUT2D eigenvalue weighted by atomic mass is 10.1. The maximum absolute atomic E-state index is 5.95. The molecule has 0 saturated carbocycles. The van der Waals surface area contributed by atoms with E-state index in [9.17, 15) is 0 Å². The number of hydrogen-bond acceptors (Lipinski definition) is 2. The van der Waals surface area contributed by atoms with E-state index in [1.807, 2.05) is 26.0 Å². The topological polar surface area (TPSA) is 25.8 Å². The molecule has 0 N–H and O–H groups in total. The largest absolute Gasteiger partial charge is 0.224 e. The highest BCUT2D eigenvalue weighted by molar-refractivity contribution is 6.35. The minimum Gasteiger partial charge on any atom is -0.218 e. The van der Waals surface area contributed by atoms with E-state index in [0.717, 1.165) is 16.5 Å². The van der Waals surface area contributed by atoms with Crippen LogP contribution in [0, 0.1) is 13.8 Å². The number of aromatic nitrogens is 2. The van der Waals surface area contributed by atoms with Gasteiger partial charge in [0.15, 0.2) is 0 Å². The van der Waals surface area contributed by atoms with Crippen LogP contribution in [-0.2, 0) is 0 Å². The van der Waals surface area contributed by atoms with Gasteiger partial charge in [0.2, 0.25) is 5.28 Å². The summed E-state index contributed by atoms with van der Waals surface area (Å²) in [5.41, 5.74) is 3.09. The predicted octanol–water partition coefficient (Wildman–Crippen LogP) is 3.55. The van der Waals surface area contributed by atoms with Crippen molar-refractivity contribution in [2.75, 3.05) is 0 Å². The van der Waals surface area contributed by atoms with Gasteiger partial charge in [0, 0.05) is 5.39 Å². The van der Waals surface area contributed by atoms with Crippen molar-refractivity contribution in [2.24, 2.45) is 0 Å². The van der Waals surface area contributed by atoms with Crippen molar-refractivity contribution >= 4 is 34.1 Å². The lowest BCUT2D eigenvalue weighted by Crippen LogP contribution is -1.91. The average Bonchev–Trinajstić information content (AvgIpc) is 2.12. The van der Waals surface area contributed by atoms with E-state index in [1.165, 1.54) is 5.56 Å². The second-order valence-corrected chi connectivity index (χ2v) is 3.88. The summed E-state index contributed by atoms with van der Waals surface area (Å²) in [7, 11) is 0. The zero-order valence-corrected chi connectivity index (χ0v) is 9.32. The SMILES string of the molecule is Cc1ccc2c(Cl)nc(Cl)nc2c1C. The molecule has 0 aliphatic carbocycles. The van der Waals surface area contributed by atoms with Gasteiger partial charge in [0.25, 0.3) is 0 Å². The highest BCUT2D eigenvalue weighted by Gasteiger charge is 2.07. The third-order valence-electron chi connectivity index (χ3n) is 2.32. The van der Waals surface area contributed by atoms with Crippen LogP contribution in [0.2, 0.25) is 10.4 Å². The normalized spacial score (nSPS) is 10.9. The van der Waals surface area contributed by atoms with Gasteiger partial charge in [-0.2, -0.15) is 0 Å².